The van der Waals surface area contributed by atoms with E-state index < -0.39 is 35.0 Å². The number of halogens is 2. The number of anilines is 1. The second kappa shape index (κ2) is 3.44. The Bertz CT molecular complexity index is 381. The first-order valence-corrected chi connectivity index (χ1v) is 3.50. The highest BCUT2D eigenvalue weighted by Gasteiger charge is 2.24. The molecule has 0 saturated carbocycles. The Kier molecular flexibility index (Phi) is 2.50. The quantitative estimate of drug-likeness (QED) is 0.647. The molecule has 1 heterocycles. The van der Waals surface area contributed by atoms with Gasteiger partial charge < -0.3 is 16.6 Å². The lowest BCUT2D eigenvalue weighted by molar-refractivity contribution is 0.0984. The lowest BCUT2D eigenvalue weighted by Gasteiger charge is -2.09. The number of pyridine rings is 1. The Balaban J connectivity index is 3.50. The van der Waals surface area contributed by atoms with Crippen molar-refractivity contribution in [2.45, 2.75) is 6.43 Å². The summed E-state index contributed by atoms with van der Waals surface area (Å²) in [6.45, 7) is 0. The van der Waals surface area contributed by atoms with E-state index in [-0.39, 0.29) is 0 Å². The number of nitrogen functional groups attached to an aromatic ring is 1. The van der Waals surface area contributed by atoms with Gasteiger partial charge >= 0.3 is 0 Å². The molecular weight excluding hydrogens is 196 g/mol. The summed E-state index contributed by atoms with van der Waals surface area (Å²) in [7, 11) is 0. The average molecular weight is 203 g/mol. The zero-order chi connectivity index (χ0) is 10.9. The number of nitrogens with two attached hydrogens (primary N) is 2. The van der Waals surface area contributed by atoms with E-state index in [4.69, 9.17) is 16.6 Å². The van der Waals surface area contributed by atoms with Crippen LogP contribution >= 0.6 is 0 Å². The van der Waals surface area contributed by atoms with Crippen molar-refractivity contribution in [3.8, 4) is 5.75 Å². The molecule has 0 fully saturated rings. The minimum atomic E-state index is -3.04. The Morgan fingerprint density at radius 1 is 1.57 bits per heavy atom. The number of carbonyl (C=O) groups is 1. The molecule has 0 radical (unpaired) electrons. The molecule has 5 nitrogen and oxygen atoms in total. The van der Waals surface area contributed by atoms with Crippen LogP contribution in [0.2, 0.25) is 0 Å². The van der Waals surface area contributed by atoms with E-state index in [1.165, 1.54) is 0 Å². The van der Waals surface area contributed by atoms with E-state index in [2.05, 4.69) is 4.98 Å². The van der Waals surface area contributed by atoms with Crippen LogP contribution in [-0.4, -0.2) is 16.0 Å². The van der Waals surface area contributed by atoms with Crippen LogP contribution in [0.1, 0.15) is 22.3 Å². The van der Waals surface area contributed by atoms with Crippen molar-refractivity contribution < 1.29 is 18.7 Å². The van der Waals surface area contributed by atoms with Crippen LogP contribution < -0.4 is 11.5 Å². The number of aromatic hydroxyl groups is 1. The van der Waals surface area contributed by atoms with Crippen molar-refractivity contribution in [3.05, 3.63) is 17.3 Å². The van der Waals surface area contributed by atoms with Crippen LogP contribution in [0.3, 0.4) is 0 Å². The maximum atomic E-state index is 12.4. The van der Waals surface area contributed by atoms with Gasteiger partial charge in [0.05, 0.1) is 17.3 Å². The molecule has 1 amide bonds. The van der Waals surface area contributed by atoms with Gasteiger partial charge in [-0.1, -0.05) is 0 Å². The predicted molar refractivity (Wildman–Crippen MR) is 43.8 cm³/mol. The fraction of sp³-hybridized carbons (Fsp3) is 0.143. The van der Waals surface area contributed by atoms with Crippen LogP contribution in [0.15, 0.2) is 6.20 Å². The Hall–Kier alpha value is -1.92. The fourth-order valence-corrected chi connectivity index (χ4v) is 1.01. The van der Waals surface area contributed by atoms with E-state index in [1.54, 1.807) is 0 Å². The van der Waals surface area contributed by atoms with Crippen molar-refractivity contribution in [2.75, 3.05) is 5.73 Å². The van der Waals surface area contributed by atoms with Gasteiger partial charge in [-0.2, -0.15) is 0 Å². The molecule has 0 aliphatic heterocycles. The molecule has 76 valence electrons. The van der Waals surface area contributed by atoms with Gasteiger partial charge in [0.25, 0.3) is 12.3 Å². The second-order valence-corrected chi connectivity index (χ2v) is 2.48. The number of rotatable bonds is 2. The van der Waals surface area contributed by atoms with Crippen molar-refractivity contribution in [2.24, 2.45) is 5.73 Å². The molecule has 0 aliphatic rings. The summed E-state index contributed by atoms with van der Waals surface area (Å²) in [5.74, 6) is -2.38. The zero-order valence-electron chi connectivity index (χ0n) is 6.87. The summed E-state index contributed by atoms with van der Waals surface area (Å²) in [6, 6.07) is 0. The molecule has 0 aliphatic carbocycles. The fourth-order valence-electron chi connectivity index (χ4n) is 1.01. The minimum absolute atomic E-state index is 0.425. The topological polar surface area (TPSA) is 102 Å². The molecule has 0 saturated heterocycles. The summed E-state index contributed by atoms with van der Waals surface area (Å²) >= 11 is 0. The van der Waals surface area contributed by atoms with Crippen LogP contribution in [-0.2, 0) is 0 Å². The number of carbonyl (C=O) groups excluding carboxylic acids is 1. The lowest BCUT2D eigenvalue weighted by Crippen LogP contribution is -2.17. The van der Waals surface area contributed by atoms with Crippen LogP contribution in [0.5, 0.6) is 5.75 Å². The summed E-state index contributed by atoms with van der Waals surface area (Å²) in [5.41, 5.74) is 8.47. The SMILES string of the molecule is NC(=O)c1c(N)ncc(O)c1C(F)F. The number of nitrogens with zero attached hydrogens (tertiary/aromatic N) is 1. The smallest absolute Gasteiger partial charge is 0.268 e. The van der Waals surface area contributed by atoms with Crippen molar-refractivity contribution in [3.63, 3.8) is 0 Å². The first-order valence-electron chi connectivity index (χ1n) is 3.50. The zero-order valence-corrected chi connectivity index (χ0v) is 6.87. The number of amides is 1. The Morgan fingerprint density at radius 2 is 2.14 bits per heavy atom. The lowest BCUT2D eigenvalue weighted by atomic mass is 10.1. The first-order chi connectivity index (χ1) is 6.45. The van der Waals surface area contributed by atoms with Crippen LogP contribution in [0.4, 0.5) is 14.6 Å². The Morgan fingerprint density at radius 3 is 2.50 bits per heavy atom. The summed E-state index contributed by atoms with van der Waals surface area (Å²) in [4.78, 5) is 14.1. The number of hydrogen-bond donors (Lipinski definition) is 3. The molecule has 0 aromatic carbocycles. The van der Waals surface area contributed by atoms with Gasteiger partial charge in [0.2, 0.25) is 0 Å². The van der Waals surface area contributed by atoms with E-state index in [0.717, 1.165) is 6.20 Å². The van der Waals surface area contributed by atoms with Crippen molar-refractivity contribution in [1.29, 1.82) is 0 Å². The molecule has 7 heteroatoms. The molecule has 0 spiro atoms. The van der Waals surface area contributed by atoms with Crippen molar-refractivity contribution >= 4 is 11.7 Å². The maximum absolute atomic E-state index is 12.4. The number of aromatic nitrogens is 1. The van der Waals surface area contributed by atoms with Gasteiger partial charge in [-0.25, -0.2) is 13.8 Å². The standard InChI is InChI=1S/C7H7F2N3O2/c8-5(9)3-2(13)1-12-6(10)4(3)7(11)14/h1,5,13H,(H2,10,12)(H2,11,14). The molecule has 0 unspecified atom stereocenters. The average Bonchev–Trinajstić information content (AvgIpc) is 2.07. The van der Waals surface area contributed by atoms with Crippen LogP contribution in [0, 0.1) is 0 Å². The molecule has 1 aromatic heterocycles. The molecule has 14 heavy (non-hydrogen) atoms. The largest absolute Gasteiger partial charge is 0.506 e. The third kappa shape index (κ3) is 1.56. The van der Waals surface area contributed by atoms with E-state index >= 15 is 0 Å². The number of primary amides is 1. The normalized spacial score (nSPS) is 10.5. The highest BCUT2D eigenvalue weighted by molar-refractivity contribution is 5.99. The Labute approximate surface area is 77.3 Å². The number of alkyl halides is 2. The number of hydrogen-bond acceptors (Lipinski definition) is 4. The van der Waals surface area contributed by atoms with Gasteiger partial charge in [0.1, 0.15) is 11.6 Å². The summed E-state index contributed by atoms with van der Waals surface area (Å²) in [5, 5.41) is 9.03. The van der Waals surface area contributed by atoms with Gasteiger partial charge in [0, 0.05) is 0 Å². The summed E-state index contributed by atoms with van der Waals surface area (Å²) in [6.07, 6.45) is -2.30. The van der Waals surface area contributed by atoms with Gasteiger partial charge in [-0.05, 0) is 0 Å². The highest BCUT2D eigenvalue weighted by atomic mass is 19.3. The highest BCUT2D eigenvalue weighted by Crippen LogP contribution is 2.32. The molecule has 1 aromatic rings. The molecular formula is C7H7F2N3O2. The molecule has 0 bridgehead atoms. The summed E-state index contributed by atoms with van der Waals surface area (Å²) < 4.78 is 24.8. The van der Waals surface area contributed by atoms with E-state index in [9.17, 15) is 13.6 Å². The van der Waals surface area contributed by atoms with Gasteiger partial charge in [-0.15, -0.1) is 0 Å². The van der Waals surface area contributed by atoms with E-state index in [1.807, 2.05) is 0 Å². The molecule has 0 atom stereocenters. The minimum Gasteiger partial charge on any atom is -0.506 e. The predicted octanol–water partition coefficient (Wildman–Crippen LogP) is 0.406. The molecule has 1 rings (SSSR count). The van der Waals surface area contributed by atoms with Gasteiger partial charge in [0.15, 0.2) is 0 Å². The third-order valence-corrected chi connectivity index (χ3v) is 1.59. The van der Waals surface area contributed by atoms with Crippen molar-refractivity contribution in [1.82, 2.24) is 4.98 Å². The maximum Gasteiger partial charge on any atom is 0.268 e. The van der Waals surface area contributed by atoms with E-state index in [0.29, 0.717) is 0 Å². The van der Waals surface area contributed by atoms with Crippen LogP contribution in [0.25, 0.3) is 0 Å². The van der Waals surface area contributed by atoms with Gasteiger partial charge in [-0.3, -0.25) is 4.79 Å². The molecule has 5 N–H and O–H groups in total. The monoisotopic (exact) mass is 203 g/mol. The third-order valence-electron chi connectivity index (χ3n) is 1.59. The first kappa shape index (κ1) is 10.2. The second-order valence-electron chi connectivity index (χ2n) is 2.48.